The number of hydrogen-bond acceptors (Lipinski definition) is 2. The topological polar surface area (TPSA) is 15.3 Å². The van der Waals surface area contributed by atoms with Crippen LogP contribution in [-0.4, -0.2) is 36.1 Å². The van der Waals surface area contributed by atoms with Crippen LogP contribution in [-0.2, 0) is 0 Å². The van der Waals surface area contributed by atoms with Gasteiger partial charge < -0.3 is 5.32 Å². The van der Waals surface area contributed by atoms with Gasteiger partial charge in [0.05, 0.1) is 0 Å². The molecule has 21 heavy (non-hydrogen) atoms. The lowest BCUT2D eigenvalue weighted by atomic mass is 9.75. The summed E-state index contributed by atoms with van der Waals surface area (Å²) in [4.78, 5) is 2.96. The van der Waals surface area contributed by atoms with Gasteiger partial charge in [0.15, 0.2) is 0 Å². The van der Waals surface area contributed by atoms with Gasteiger partial charge >= 0.3 is 0 Å². The zero-order valence-electron chi connectivity index (χ0n) is 14.5. The van der Waals surface area contributed by atoms with Gasteiger partial charge in [-0.25, -0.2) is 0 Å². The minimum absolute atomic E-state index is 0.755. The summed E-state index contributed by atoms with van der Waals surface area (Å²) in [5.41, 5.74) is 0. The number of likely N-dealkylation sites (N-methyl/N-ethyl adjacent to an activating group) is 1. The van der Waals surface area contributed by atoms with E-state index in [9.17, 15) is 0 Å². The van der Waals surface area contributed by atoms with E-state index in [1.807, 2.05) is 0 Å². The van der Waals surface area contributed by atoms with Gasteiger partial charge in [-0.15, -0.1) is 0 Å². The molecule has 2 nitrogen and oxygen atoms in total. The Bertz CT molecular complexity index is 328. The Morgan fingerprint density at radius 3 is 2.57 bits per heavy atom. The summed E-state index contributed by atoms with van der Waals surface area (Å²) in [7, 11) is 0. The first-order valence-corrected chi connectivity index (χ1v) is 9.69. The highest BCUT2D eigenvalue weighted by atomic mass is 15.2. The molecular weight excluding hydrogens is 256 g/mol. The Kier molecular flexibility index (Phi) is 5.27. The molecule has 0 aromatic heterocycles. The highest BCUT2D eigenvalue weighted by Crippen LogP contribution is 2.41. The van der Waals surface area contributed by atoms with E-state index in [0.29, 0.717) is 0 Å². The Morgan fingerprint density at radius 1 is 1.00 bits per heavy atom. The zero-order valence-corrected chi connectivity index (χ0v) is 14.5. The number of likely N-dealkylation sites (tertiary alicyclic amines) is 1. The van der Waals surface area contributed by atoms with Crippen molar-refractivity contribution in [2.24, 2.45) is 17.8 Å². The predicted molar refractivity (Wildman–Crippen MR) is 90.5 cm³/mol. The van der Waals surface area contributed by atoms with Crippen LogP contribution in [0.25, 0.3) is 0 Å². The van der Waals surface area contributed by atoms with Gasteiger partial charge in [-0.2, -0.15) is 0 Å². The molecule has 0 amide bonds. The Morgan fingerprint density at radius 2 is 1.81 bits per heavy atom. The number of hydrogen-bond donors (Lipinski definition) is 1. The average molecular weight is 293 g/mol. The lowest BCUT2D eigenvalue weighted by Crippen LogP contribution is -2.55. The van der Waals surface area contributed by atoms with E-state index in [1.165, 1.54) is 57.9 Å². The van der Waals surface area contributed by atoms with Crippen molar-refractivity contribution in [2.45, 2.75) is 90.3 Å². The van der Waals surface area contributed by atoms with E-state index in [4.69, 9.17) is 0 Å². The first-order valence-electron chi connectivity index (χ1n) is 9.69. The third-order valence-electron chi connectivity index (χ3n) is 6.75. The molecule has 0 aromatic carbocycles. The van der Waals surface area contributed by atoms with Gasteiger partial charge in [0, 0.05) is 18.1 Å². The standard InChI is InChI=1S/C19H36N2/c1-4-20-17-10-9-16(14(2)3)13-19(17)21-12-11-15-7-5-6-8-18(15)21/h14-20H,4-13H2,1-3H3. The first kappa shape index (κ1) is 15.8. The number of nitrogens with one attached hydrogen (secondary N) is 1. The highest BCUT2D eigenvalue weighted by Gasteiger charge is 2.43. The third-order valence-corrected chi connectivity index (χ3v) is 6.75. The zero-order chi connectivity index (χ0) is 14.8. The molecular formula is C19H36N2. The van der Waals surface area contributed by atoms with Crippen LogP contribution in [0.4, 0.5) is 0 Å². The van der Waals surface area contributed by atoms with Crippen molar-refractivity contribution in [3.05, 3.63) is 0 Å². The van der Waals surface area contributed by atoms with Crippen LogP contribution in [0.3, 0.4) is 0 Å². The van der Waals surface area contributed by atoms with Crippen molar-refractivity contribution < 1.29 is 0 Å². The van der Waals surface area contributed by atoms with E-state index < -0.39 is 0 Å². The quantitative estimate of drug-likeness (QED) is 0.841. The van der Waals surface area contributed by atoms with Crippen LogP contribution in [0, 0.1) is 17.8 Å². The number of nitrogens with zero attached hydrogens (tertiary/aromatic N) is 1. The SMILES string of the molecule is CCNC1CCC(C(C)C)CC1N1CCC2CCCCC21. The van der Waals surface area contributed by atoms with Gasteiger partial charge in [0.1, 0.15) is 0 Å². The molecule has 0 bridgehead atoms. The van der Waals surface area contributed by atoms with Crippen molar-refractivity contribution in [1.82, 2.24) is 10.2 Å². The summed E-state index contributed by atoms with van der Waals surface area (Å²) in [6.07, 6.45) is 11.7. The second kappa shape index (κ2) is 7.00. The van der Waals surface area contributed by atoms with Crippen LogP contribution in [0.15, 0.2) is 0 Å². The molecule has 0 spiro atoms. The molecule has 2 aliphatic carbocycles. The normalized spacial score (nSPS) is 41.4. The molecule has 1 heterocycles. The molecule has 1 saturated heterocycles. The molecule has 2 saturated carbocycles. The second-order valence-corrected chi connectivity index (χ2v) is 8.19. The molecule has 3 aliphatic rings. The Balaban J connectivity index is 1.72. The van der Waals surface area contributed by atoms with Crippen LogP contribution in [0.2, 0.25) is 0 Å². The summed E-state index contributed by atoms with van der Waals surface area (Å²) in [5, 5.41) is 3.82. The molecule has 1 N–H and O–H groups in total. The fraction of sp³-hybridized carbons (Fsp3) is 1.00. The van der Waals surface area contributed by atoms with Crippen LogP contribution in [0.1, 0.15) is 72.1 Å². The first-order chi connectivity index (χ1) is 10.2. The monoisotopic (exact) mass is 292 g/mol. The molecule has 5 unspecified atom stereocenters. The van der Waals surface area contributed by atoms with Gasteiger partial charge in [-0.3, -0.25) is 4.90 Å². The van der Waals surface area contributed by atoms with Crippen LogP contribution in [0.5, 0.6) is 0 Å². The van der Waals surface area contributed by atoms with Gasteiger partial charge in [0.2, 0.25) is 0 Å². The fourth-order valence-corrected chi connectivity index (χ4v) is 5.50. The maximum Gasteiger partial charge on any atom is 0.0255 e. The Hall–Kier alpha value is -0.0800. The molecule has 1 aliphatic heterocycles. The minimum atomic E-state index is 0.755. The third kappa shape index (κ3) is 3.32. The summed E-state index contributed by atoms with van der Waals surface area (Å²) >= 11 is 0. The summed E-state index contributed by atoms with van der Waals surface area (Å²) in [6, 6.07) is 2.50. The maximum absolute atomic E-state index is 3.82. The lowest BCUT2D eigenvalue weighted by Gasteiger charge is -2.46. The van der Waals surface area contributed by atoms with E-state index in [-0.39, 0.29) is 0 Å². The van der Waals surface area contributed by atoms with E-state index in [2.05, 4.69) is 31.0 Å². The highest BCUT2D eigenvalue weighted by molar-refractivity contribution is 4.99. The molecule has 2 heteroatoms. The van der Waals surface area contributed by atoms with Crippen molar-refractivity contribution in [1.29, 1.82) is 0 Å². The van der Waals surface area contributed by atoms with E-state index in [0.717, 1.165) is 42.4 Å². The van der Waals surface area contributed by atoms with Crippen molar-refractivity contribution in [3.8, 4) is 0 Å². The summed E-state index contributed by atoms with van der Waals surface area (Å²) in [6.45, 7) is 9.66. The molecule has 3 rings (SSSR count). The molecule has 5 atom stereocenters. The fourth-order valence-electron chi connectivity index (χ4n) is 5.50. The second-order valence-electron chi connectivity index (χ2n) is 8.19. The van der Waals surface area contributed by atoms with Crippen molar-refractivity contribution in [3.63, 3.8) is 0 Å². The van der Waals surface area contributed by atoms with Crippen LogP contribution >= 0.6 is 0 Å². The average Bonchev–Trinajstić information content (AvgIpc) is 2.91. The van der Waals surface area contributed by atoms with Crippen LogP contribution < -0.4 is 5.32 Å². The predicted octanol–water partition coefficient (Wildman–Crippen LogP) is 4.05. The maximum atomic E-state index is 3.82. The number of fused-ring (bicyclic) bond motifs is 1. The smallest absolute Gasteiger partial charge is 0.0255 e. The Labute approximate surface area is 132 Å². The molecule has 122 valence electrons. The summed E-state index contributed by atoms with van der Waals surface area (Å²) in [5.74, 6) is 2.84. The van der Waals surface area contributed by atoms with E-state index >= 15 is 0 Å². The molecule has 3 fully saturated rings. The lowest BCUT2D eigenvalue weighted by molar-refractivity contribution is 0.0557. The molecule has 0 aromatic rings. The largest absolute Gasteiger partial charge is 0.313 e. The number of rotatable bonds is 4. The molecule has 0 radical (unpaired) electrons. The van der Waals surface area contributed by atoms with Crippen molar-refractivity contribution >= 4 is 0 Å². The van der Waals surface area contributed by atoms with Gasteiger partial charge in [0.25, 0.3) is 0 Å². The van der Waals surface area contributed by atoms with E-state index in [1.54, 1.807) is 0 Å². The van der Waals surface area contributed by atoms with Gasteiger partial charge in [-0.1, -0.05) is 33.6 Å². The van der Waals surface area contributed by atoms with Gasteiger partial charge in [-0.05, 0) is 69.4 Å². The summed E-state index contributed by atoms with van der Waals surface area (Å²) < 4.78 is 0. The van der Waals surface area contributed by atoms with Crippen molar-refractivity contribution in [2.75, 3.05) is 13.1 Å². The minimum Gasteiger partial charge on any atom is -0.313 e.